The zero-order valence-corrected chi connectivity index (χ0v) is 17.5. The summed E-state index contributed by atoms with van der Waals surface area (Å²) in [6, 6.07) is 1.55. The molecule has 1 aromatic heterocycles. The van der Waals surface area contributed by atoms with Gasteiger partial charge in [-0.1, -0.05) is 20.8 Å². The first kappa shape index (κ1) is 20.1. The van der Waals surface area contributed by atoms with Crippen molar-refractivity contribution in [3.05, 3.63) is 16.4 Å². The van der Waals surface area contributed by atoms with Crippen LogP contribution in [-0.4, -0.2) is 54.3 Å². The molecule has 1 heterocycles. The second kappa shape index (κ2) is 7.58. The molecule has 25 heavy (non-hydrogen) atoms. The van der Waals surface area contributed by atoms with E-state index in [-0.39, 0.29) is 10.3 Å². The molecule has 1 aromatic rings. The average Bonchev–Trinajstić information content (AvgIpc) is 3.29. The molecule has 0 unspecified atom stereocenters. The van der Waals surface area contributed by atoms with Gasteiger partial charge in [-0.15, -0.1) is 15.4 Å². The summed E-state index contributed by atoms with van der Waals surface area (Å²) in [5, 5.41) is 4.49. The van der Waals surface area contributed by atoms with Crippen molar-refractivity contribution in [2.24, 2.45) is 5.92 Å². The van der Waals surface area contributed by atoms with Gasteiger partial charge in [0.05, 0.1) is 25.8 Å². The zero-order valence-electron chi connectivity index (χ0n) is 16.7. The Bertz CT molecular complexity index is 646. The van der Waals surface area contributed by atoms with Gasteiger partial charge in [-0.3, -0.25) is 4.79 Å². The third-order valence-corrected chi connectivity index (χ3v) is 8.40. The third-order valence-electron chi connectivity index (χ3n) is 4.70. The molecule has 6 nitrogen and oxygen atoms in total. The lowest BCUT2D eigenvalue weighted by Gasteiger charge is -2.43. The van der Waals surface area contributed by atoms with Crippen LogP contribution in [-0.2, 0) is 10.7 Å². The molecule has 1 saturated carbocycles. The molecule has 0 N–H and O–H groups in total. The topological polar surface area (TPSA) is 56.6 Å². The van der Waals surface area contributed by atoms with Crippen LogP contribution in [0.1, 0.15) is 33.6 Å². The smallest absolute Gasteiger partial charge is 0.270 e. The van der Waals surface area contributed by atoms with Crippen LogP contribution < -0.4 is 15.2 Å². The summed E-state index contributed by atoms with van der Waals surface area (Å²) >= 11 is 0. The van der Waals surface area contributed by atoms with Crippen LogP contribution in [0.4, 0.5) is 5.82 Å². The summed E-state index contributed by atoms with van der Waals surface area (Å²) in [5.41, 5.74) is -0.149. The normalized spacial score (nSPS) is 16.0. The number of ether oxygens (including phenoxy) is 1. The van der Waals surface area contributed by atoms with Gasteiger partial charge in [-0.05, 0) is 31.3 Å². The van der Waals surface area contributed by atoms with Crippen molar-refractivity contribution < 1.29 is 8.92 Å². The lowest BCUT2D eigenvalue weighted by atomic mass is 10.3. The van der Waals surface area contributed by atoms with Gasteiger partial charge in [0.15, 0.2) is 11.6 Å². The van der Waals surface area contributed by atoms with Crippen LogP contribution in [0, 0.1) is 5.92 Å². The van der Waals surface area contributed by atoms with E-state index in [1.54, 1.807) is 6.07 Å². The van der Waals surface area contributed by atoms with Gasteiger partial charge in [0, 0.05) is 18.8 Å². The number of aromatic nitrogens is 2. The van der Waals surface area contributed by atoms with Gasteiger partial charge in [0.1, 0.15) is 0 Å². The summed E-state index contributed by atoms with van der Waals surface area (Å²) < 4.78 is 13.5. The summed E-state index contributed by atoms with van der Waals surface area (Å²) in [7, 11) is 2.61. The fourth-order valence-corrected chi connectivity index (χ4v) is 2.89. The Morgan fingerprint density at radius 3 is 2.48 bits per heavy atom. The minimum atomic E-state index is -1.20. The largest absolute Gasteiger partial charge is 0.489 e. The van der Waals surface area contributed by atoms with Crippen LogP contribution in [0.2, 0.25) is 0 Å². The molecule has 1 aliphatic carbocycles. The molecule has 0 amide bonds. The van der Waals surface area contributed by atoms with Crippen molar-refractivity contribution in [3.8, 4) is 5.75 Å². The Morgan fingerprint density at radius 1 is 1.32 bits per heavy atom. The highest BCUT2D eigenvalue weighted by Crippen LogP contribution is 2.53. The Kier molecular flexibility index (Phi) is 6.09. The van der Waals surface area contributed by atoms with Gasteiger partial charge < -0.3 is 13.8 Å². The predicted molar refractivity (Wildman–Crippen MR) is 106 cm³/mol. The number of rotatable bonds is 8. The van der Waals surface area contributed by atoms with Crippen molar-refractivity contribution in [2.75, 3.05) is 44.7 Å². The predicted octanol–water partition coefficient (Wildman–Crippen LogP) is 2.89. The highest BCUT2D eigenvalue weighted by atomic mass is 32.3. The number of hydrogen-bond donors (Lipinski definition) is 0. The second-order valence-electron chi connectivity index (χ2n) is 8.21. The Morgan fingerprint density at radius 2 is 1.96 bits per heavy atom. The molecule has 1 aliphatic rings. The number of anilines is 1. The van der Waals surface area contributed by atoms with Gasteiger partial charge in [-0.25, -0.2) is 4.68 Å². The van der Waals surface area contributed by atoms with E-state index in [4.69, 9.17) is 8.92 Å². The maximum absolute atomic E-state index is 12.4. The molecule has 7 heteroatoms. The van der Waals surface area contributed by atoms with Crippen molar-refractivity contribution >= 4 is 16.1 Å². The van der Waals surface area contributed by atoms with E-state index < -0.39 is 10.3 Å². The lowest BCUT2D eigenvalue weighted by molar-refractivity contribution is 0.292. The Hall–Kier alpha value is -1.21. The summed E-state index contributed by atoms with van der Waals surface area (Å²) in [6.07, 6.45) is 6.74. The van der Waals surface area contributed by atoms with E-state index in [2.05, 4.69) is 38.4 Å². The highest BCUT2D eigenvalue weighted by molar-refractivity contribution is 8.29. The molecular weight excluding hydrogens is 338 g/mol. The Balaban J connectivity index is 2.07. The molecule has 1 fully saturated rings. The third kappa shape index (κ3) is 5.38. The van der Waals surface area contributed by atoms with Crippen molar-refractivity contribution in [1.29, 1.82) is 0 Å². The van der Waals surface area contributed by atoms with Crippen LogP contribution >= 0.6 is 10.3 Å². The molecule has 0 atom stereocenters. The maximum atomic E-state index is 12.4. The van der Waals surface area contributed by atoms with E-state index in [1.807, 2.05) is 19.0 Å². The van der Waals surface area contributed by atoms with Gasteiger partial charge in [0.25, 0.3) is 5.56 Å². The molecule has 0 bridgehead atoms. The van der Waals surface area contributed by atoms with Gasteiger partial charge in [0.2, 0.25) is 0 Å². The van der Waals surface area contributed by atoms with Crippen molar-refractivity contribution in [2.45, 2.75) is 44.9 Å². The molecular formula is C18H33N3O3S. The van der Waals surface area contributed by atoms with Gasteiger partial charge in [-0.2, -0.15) is 0 Å². The van der Waals surface area contributed by atoms with E-state index in [9.17, 15) is 4.79 Å². The van der Waals surface area contributed by atoms with E-state index in [1.165, 1.54) is 17.5 Å². The monoisotopic (exact) mass is 371 g/mol. The lowest BCUT2D eigenvalue weighted by Crippen LogP contribution is -2.30. The van der Waals surface area contributed by atoms with Crippen molar-refractivity contribution in [3.63, 3.8) is 0 Å². The Labute approximate surface area is 153 Å². The second-order valence-corrected chi connectivity index (χ2v) is 12.1. The molecule has 2 rings (SSSR count). The first-order chi connectivity index (χ1) is 11.5. The van der Waals surface area contributed by atoms with Crippen molar-refractivity contribution in [1.82, 2.24) is 9.78 Å². The van der Waals surface area contributed by atoms with Crippen LogP contribution in [0.3, 0.4) is 0 Å². The number of nitrogens with zero attached hydrogens (tertiary/aromatic N) is 3. The molecule has 0 aromatic carbocycles. The summed E-state index contributed by atoms with van der Waals surface area (Å²) in [6.45, 7) is 8.13. The average molecular weight is 372 g/mol. The van der Waals surface area contributed by atoms with Crippen LogP contribution in [0.15, 0.2) is 10.9 Å². The van der Waals surface area contributed by atoms with Crippen LogP contribution in [0.25, 0.3) is 0 Å². The number of hydrogen-bond acceptors (Lipinski definition) is 5. The highest BCUT2D eigenvalue weighted by Gasteiger charge is 2.28. The van der Waals surface area contributed by atoms with E-state index in [0.29, 0.717) is 37.2 Å². The maximum Gasteiger partial charge on any atom is 0.270 e. The van der Waals surface area contributed by atoms with E-state index >= 15 is 0 Å². The minimum absolute atomic E-state index is 0.0979. The summed E-state index contributed by atoms with van der Waals surface area (Å²) in [5.74, 6) is 1.89. The molecule has 0 radical (unpaired) electrons. The fraction of sp³-hybridized carbons (Fsp3) is 0.778. The molecule has 144 valence electrons. The summed E-state index contributed by atoms with van der Waals surface area (Å²) in [4.78, 5) is 14.3. The molecule has 0 aliphatic heterocycles. The first-order valence-corrected chi connectivity index (χ1v) is 11.2. The molecule has 0 saturated heterocycles. The first-order valence-electron chi connectivity index (χ1n) is 8.81. The fourth-order valence-electron chi connectivity index (χ4n) is 2.04. The SMILES string of the molecule is CN(C)c1nn(CCOS(C)(C)C(C)(C)C)c(=O)cc1OCC1CC1. The van der Waals surface area contributed by atoms with Gasteiger partial charge >= 0.3 is 0 Å². The van der Waals surface area contributed by atoms with Crippen LogP contribution in [0.5, 0.6) is 5.75 Å². The minimum Gasteiger partial charge on any atom is -0.489 e. The van der Waals surface area contributed by atoms with E-state index in [0.717, 1.165) is 0 Å². The zero-order chi connectivity index (χ0) is 18.8. The molecule has 0 spiro atoms. The quantitative estimate of drug-likeness (QED) is 0.703. The standard InChI is InChI=1S/C18H33N3O3S/c1-18(2,3)25(6,7)24-11-10-21-16(22)12-15(17(19-21)20(4)5)23-13-14-8-9-14/h12,14H,8-11,13H2,1-7H3.